The lowest BCUT2D eigenvalue weighted by atomic mass is 10.1. The van der Waals surface area contributed by atoms with E-state index in [0.29, 0.717) is 0 Å². The van der Waals surface area contributed by atoms with Crippen LogP contribution in [0, 0.1) is 0 Å². The number of rotatable bonds is 10. The van der Waals surface area contributed by atoms with E-state index in [0.717, 1.165) is 32.3 Å². The summed E-state index contributed by atoms with van der Waals surface area (Å²) in [4.78, 5) is 30.4. The Morgan fingerprint density at radius 1 is 0.826 bits per heavy atom. The highest BCUT2D eigenvalue weighted by Gasteiger charge is 1.92. The minimum absolute atomic E-state index is 0.00171. The fourth-order valence-electron chi connectivity index (χ4n) is 1.16. The number of ketones is 3. The van der Waals surface area contributed by atoms with Gasteiger partial charge in [0.1, 0.15) is 12.4 Å². The average molecular weight is 332 g/mol. The zero-order valence-electron chi connectivity index (χ0n) is 15.3. The molecule has 0 aromatic heterocycles. The van der Waals surface area contributed by atoms with Gasteiger partial charge >= 0.3 is 0 Å². The average Bonchev–Trinajstić information content (AvgIpc) is 2.45. The predicted molar refractivity (Wildman–Crippen MR) is 90.4 cm³/mol. The minimum Gasteiger partial charge on any atom is -0.504 e. The first kappa shape index (κ1) is 26.4. The molecule has 0 radical (unpaired) electrons. The molecule has 0 heterocycles. The lowest BCUT2D eigenvalue weighted by Crippen LogP contribution is -1.98. The van der Waals surface area contributed by atoms with Crippen molar-refractivity contribution in [2.45, 2.75) is 46.5 Å². The molecule has 0 aliphatic heterocycles. The molecule has 0 rings (SSSR count). The van der Waals surface area contributed by atoms with Crippen molar-refractivity contribution in [3.8, 4) is 0 Å². The smallest absolute Gasteiger partial charge is 0.155 e. The first-order valence-corrected chi connectivity index (χ1v) is 7.48. The molecule has 0 amide bonds. The number of carbonyl (C=O) groups excluding carboxylic acids is 3. The van der Waals surface area contributed by atoms with E-state index in [4.69, 9.17) is 4.74 Å². The van der Waals surface area contributed by atoms with Gasteiger partial charge in [0, 0.05) is 33.3 Å². The van der Waals surface area contributed by atoms with E-state index in [1.807, 2.05) is 0 Å². The Bertz CT molecular complexity index is 323. The highest BCUT2D eigenvalue weighted by molar-refractivity contribution is 5.86. The number of carbonyl (C=O) groups is 3. The van der Waals surface area contributed by atoms with E-state index < -0.39 is 0 Å². The Hall–Kier alpha value is -1.53. The Morgan fingerprint density at radius 2 is 1.43 bits per heavy atom. The highest BCUT2D eigenvalue weighted by Crippen LogP contribution is 1.99. The quantitative estimate of drug-likeness (QED) is 0.348. The molecule has 0 aromatic carbocycles. The normalized spacial score (nSPS) is 9.30. The molecule has 0 bridgehead atoms. The van der Waals surface area contributed by atoms with Gasteiger partial charge < -0.3 is 19.0 Å². The first-order chi connectivity index (χ1) is 10.8. The Balaban J connectivity index is -0.000000272. The van der Waals surface area contributed by atoms with Crippen LogP contribution in [0.15, 0.2) is 12.3 Å². The van der Waals surface area contributed by atoms with Crippen LogP contribution >= 0.6 is 0 Å². The summed E-state index contributed by atoms with van der Waals surface area (Å²) >= 11 is 0. The second-order valence-corrected chi connectivity index (χ2v) is 4.79. The second-order valence-electron chi connectivity index (χ2n) is 4.79. The molecule has 23 heavy (non-hydrogen) atoms. The first-order valence-electron chi connectivity index (χ1n) is 7.48. The number of methoxy groups -OCH3 is 3. The molecular formula is C17H32O6. The predicted octanol–water partition coefficient (Wildman–Crippen LogP) is 2.74. The molecule has 0 aliphatic carbocycles. The molecule has 0 unspecified atom stereocenters. The molecule has 6 nitrogen and oxygen atoms in total. The Labute approximate surface area is 140 Å². The van der Waals surface area contributed by atoms with Gasteiger partial charge in [0.2, 0.25) is 0 Å². The number of hydrogen-bond acceptors (Lipinski definition) is 6. The van der Waals surface area contributed by atoms with E-state index in [1.165, 1.54) is 40.4 Å². The number of Topliss-reactive ketones (excluding diaryl/α,β-unsaturated/α-hetero) is 2. The standard InChI is InChI=1S/C8H16O2.C5H8O2.C4H8O2/c1-8(9)6-4-3-5-7-10-2;1-5(6)3-4-7-2;1-4(5)3-6-2/h3-7H2,1-2H3;3-4H,1-2H3;3H2,1-2H3/b;4-3+;. The summed E-state index contributed by atoms with van der Waals surface area (Å²) < 4.78 is 13.8. The Kier molecular flexibility index (Phi) is 26.1. The van der Waals surface area contributed by atoms with E-state index in [2.05, 4.69) is 9.47 Å². The summed E-state index contributed by atoms with van der Waals surface area (Å²) in [5.74, 6) is 0.358. The molecule has 6 heteroatoms. The van der Waals surface area contributed by atoms with Crippen molar-refractivity contribution >= 4 is 17.3 Å². The van der Waals surface area contributed by atoms with Crippen LogP contribution in [0.3, 0.4) is 0 Å². The summed E-state index contributed by atoms with van der Waals surface area (Å²) in [6.07, 6.45) is 6.63. The fraction of sp³-hybridized carbons (Fsp3) is 0.706. The summed E-state index contributed by atoms with van der Waals surface area (Å²) in [6.45, 7) is 5.65. The van der Waals surface area contributed by atoms with Crippen LogP contribution in [0.5, 0.6) is 0 Å². The SMILES string of the molecule is CO/C=C/C(C)=O.COCC(C)=O.COCCCCCC(C)=O. The van der Waals surface area contributed by atoms with Gasteiger partial charge in [-0.15, -0.1) is 0 Å². The van der Waals surface area contributed by atoms with Gasteiger partial charge in [-0.1, -0.05) is 6.42 Å². The number of unbranched alkanes of at least 4 members (excludes halogenated alkanes) is 2. The van der Waals surface area contributed by atoms with Crippen molar-refractivity contribution in [3.05, 3.63) is 12.3 Å². The van der Waals surface area contributed by atoms with Crippen LogP contribution in [0.25, 0.3) is 0 Å². The van der Waals surface area contributed by atoms with Crippen molar-refractivity contribution in [3.63, 3.8) is 0 Å². The van der Waals surface area contributed by atoms with Crippen LogP contribution in [0.2, 0.25) is 0 Å². The topological polar surface area (TPSA) is 78.9 Å². The molecule has 136 valence electrons. The minimum atomic E-state index is 0.00171. The Morgan fingerprint density at radius 3 is 1.70 bits per heavy atom. The zero-order valence-corrected chi connectivity index (χ0v) is 15.3. The molecule has 0 aliphatic rings. The van der Waals surface area contributed by atoms with E-state index in [-0.39, 0.29) is 24.0 Å². The van der Waals surface area contributed by atoms with Crippen molar-refractivity contribution < 1.29 is 28.6 Å². The molecule has 0 atom stereocenters. The summed E-state index contributed by atoms with van der Waals surface area (Å²) in [6, 6.07) is 0. The van der Waals surface area contributed by atoms with Crippen LogP contribution in [-0.2, 0) is 28.6 Å². The van der Waals surface area contributed by atoms with Crippen LogP contribution < -0.4 is 0 Å². The summed E-state index contributed by atoms with van der Waals surface area (Å²) in [5, 5.41) is 0. The van der Waals surface area contributed by atoms with Crippen molar-refractivity contribution in [2.75, 3.05) is 34.5 Å². The molecule has 0 saturated carbocycles. The summed E-state index contributed by atoms with van der Waals surface area (Å²) in [5.41, 5.74) is 0. The zero-order chi connectivity index (χ0) is 18.5. The van der Waals surface area contributed by atoms with Crippen molar-refractivity contribution in [1.29, 1.82) is 0 Å². The van der Waals surface area contributed by atoms with E-state index >= 15 is 0 Å². The maximum absolute atomic E-state index is 10.4. The maximum Gasteiger partial charge on any atom is 0.155 e. The molecule has 0 spiro atoms. The third-order valence-electron chi connectivity index (χ3n) is 2.16. The third kappa shape index (κ3) is 44.9. The van der Waals surface area contributed by atoms with Gasteiger partial charge in [-0.05, 0) is 33.6 Å². The number of ether oxygens (including phenoxy) is 3. The van der Waals surface area contributed by atoms with Gasteiger partial charge in [-0.25, -0.2) is 0 Å². The van der Waals surface area contributed by atoms with Gasteiger partial charge in [0.15, 0.2) is 11.6 Å². The fourth-order valence-corrected chi connectivity index (χ4v) is 1.16. The largest absolute Gasteiger partial charge is 0.504 e. The molecule has 0 N–H and O–H groups in total. The highest BCUT2D eigenvalue weighted by atomic mass is 16.5. The van der Waals surface area contributed by atoms with Gasteiger partial charge in [-0.2, -0.15) is 0 Å². The number of allylic oxidation sites excluding steroid dienone is 1. The van der Waals surface area contributed by atoms with Gasteiger partial charge in [-0.3, -0.25) is 9.59 Å². The number of hydrogen-bond donors (Lipinski definition) is 0. The molecule has 0 fully saturated rings. The molecular weight excluding hydrogens is 300 g/mol. The third-order valence-corrected chi connectivity index (χ3v) is 2.16. The van der Waals surface area contributed by atoms with Crippen molar-refractivity contribution in [2.24, 2.45) is 0 Å². The summed E-state index contributed by atoms with van der Waals surface area (Å²) in [7, 11) is 4.70. The van der Waals surface area contributed by atoms with E-state index in [9.17, 15) is 14.4 Å². The monoisotopic (exact) mass is 332 g/mol. The lowest BCUT2D eigenvalue weighted by molar-refractivity contribution is -0.120. The van der Waals surface area contributed by atoms with Crippen molar-refractivity contribution in [1.82, 2.24) is 0 Å². The van der Waals surface area contributed by atoms with E-state index in [1.54, 1.807) is 14.0 Å². The van der Waals surface area contributed by atoms with Crippen LogP contribution in [-0.4, -0.2) is 51.9 Å². The van der Waals surface area contributed by atoms with Gasteiger partial charge in [0.25, 0.3) is 0 Å². The maximum atomic E-state index is 10.4. The second kappa shape index (κ2) is 22.7. The van der Waals surface area contributed by atoms with Crippen LogP contribution in [0.4, 0.5) is 0 Å². The van der Waals surface area contributed by atoms with Gasteiger partial charge in [0.05, 0.1) is 13.4 Å². The van der Waals surface area contributed by atoms with Crippen LogP contribution in [0.1, 0.15) is 46.5 Å². The molecule has 0 saturated heterocycles. The molecule has 0 aromatic rings. The lowest BCUT2D eigenvalue weighted by Gasteiger charge is -1.96.